The third-order valence-electron chi connectivity index (χ3n) is 4.37. The molecule has 0 aromatic heterocycles. The third kappa shape index (κ3) is 3.95. The van der Waals surface area contributed by atoms with Crippen LogP contribution in [-0.2, 0) is 9.53 Å². The Morgan fingerprint density at radius 3 is 2.96 bits per heavy atom. The van der Waals surface area contributed by atoms with Gasteiger partial charge in [-0.15, -0.1) is 0 Å². The monoisotopic (exact) mass is 322 g/mol. The first kappa shape index (κ1) is 16.1. The first-order chi connectivity index (χ1) is 11.1. The van der Waals surface area contributed by atoms with E-state index >= 15 is 0 Å². The SMILES string of the molecule is O=C(/C=C/c1c(F)cccc1F)NC[C@@H]1CN2CCC[C@H]2CO1. The Hall–Kier alpha value is -1.79. The highest BCUT2D eigenvalue weighted by Gasteiger charge is 2.32. The van der Waals surface area contributed by atoms with Crippen LogP contribution in [0.1, 0.15) is 18.4 Å². The zero-order valence-corrected chi connectivity index (χ0v) is 12.8. The van der Waals surface area contributed by atoms with E-state index in [1.54, 1.807) is 0 Å². The molecule has 2 aliphatic heterocycles. The van der Waals surface area contributed by atoms with Crippen LogP contribution in [0.15, 0.2) is 24.3 Å². The summed E-state index contributed by atoms with van der Waals surface area (Å²) in [5.74, 6) is -1.77. The summed E-state index contributed by atoms with van der Waals surface area (Å²) in [5, 5.41) is 2.72. The number of fused-ring (bicyclic) bond motifs is 1. The number of carbonyl (C=O) groups is 1. The standard InChI is InChI=1S/C17H20F2N2O2/c18-15-4-1-5-16(19)14(15)6-7-17(22)20-9-13-10-21-8-2-3-12(21)11-23-13/h1,4-7,12-13H,2-3,8-11H2,(H,20,22)/b7-6+/t12-,13+/m0/s1. The molecule has 2 aliphatic rings. The lowest BCUT2D eigenvalue weighted by atomic mass is 10.1. The van der Waals surface area contributed by atoms with E-state index in [2.05, 4.69) is 10.2 Å². The van der Waals surface area contributed by atoms with Crippen LogP contribution in [0.25, 0.3) is 6.08 Å². The van der Waals surface area contributed by atoms with Crippen LogP contribution >= 0.6 is 0 Å². The van der Waals surface area contributed by atoms with Crippen LogP contribution < -0.4 is 5.32 Å². The van der Waals surface area contributed by atoms with Crippen molar-refractivity contribution in [2.24, 2.45) is 0 Å². The summed E-state index contributed by atoms with van der Waals surface area (Å²) in [6.45, 7) is 3.00. The van der Waals surface area contributed by atoms with Crippen molar-refractivity contribution < 1.29 is 18.3 Å². The van der Waals surface area contributed by atoms with E-state index in [1.165, 1.54) is 18.9 Å². The summed E-state index contributed by atoms with van der Waals surface area (Å²) in [4.78, 5) is 14.2. The third-order valence-corrected chi connectivity index (χ3v) is 4.37. The van der Waals surface area contributed by atoms with Gasteiger partial charge >= 0.3 is 0 Å². The highest BCUT2D eigenvalue weighted by molar-refractivity contribution is 5.91. The number of amides is 1. The predicted octanol–water partition coefficient (Wildman–Crippen LogP) is 1.96. The molecule has 0 radical (unpaired) electrons. The first-order valence-corrected chi connectivity index (χ1v) is 7.89. The van der Waals surface area contributed by atoms with Gasteiger partial charge in [0.1, 0.15) is 11.6 Å². The molecule has 2 fully saturated rings. The van der Waals surface area contributed by atoms with Crippen LogP contribution in [0, 0.1) is 11.6 Å². The molecule has 1 aromatic rings. The van der Waals surface area contributed by atoms with E-state index in [1.807, 2.05) is 0 Å². The van der Waals surface area contributed by atoms with E-state index < -0.39 is 11.6 Å². The van der Waals surface area contributed by atoms with Gasteiger partial charge < -0.3 is 10.1 Å². The molecule has 23 heavy (non-hydrogen) atoms. The van der Waals surface area contributed by atoms with Crippen molar-refractivity contribution in [3.8, 4) is 0 Å². The minimum absolute atomic E-state index is 0.0353. The fraction of sp³-hybridized carbons (Fsp3) is 0.471. The number of nitrogens with one attached hydrogen (secondary N) is 1. The Kier molecular flexibility index (Phi) is 5.03. The van der Waals surface area contributed by atoms with Crippen molar-refractivity contribution in [2.45, 2.75) is 25.0 Å². The summed E-state index contributed by atoms with van der Waals surface area (Å²) in [5.41, 5.74) is -0.212. The highest BCUT2D eigenvalue weighted by Crippen LogP contribution is 2.22. The van der Waals surface area contributed by atoms with Crippen LogP contribution in [-0.4, -0.2) is 49.2 Å². The van der Waals surface area contributed by atoms with Crippen LogP contribution in [0.4, 0.5) is 8.78 Å². The van der Waals surface area contributed by atoms with Crippen LogP contribution in [0.2, 0.25) is 0 Å². The van der Waals surface area contributed by atoms with Crippen molar-refractivity contribution in [1.82, 2.24) is 10.2 Å². The van der Waals surface area contributed by atoms with Gasteiger partial charge in [0, 0.05) is 30.8 Å². The molecule has 0 bridgehead atoms. The molecule has 0 unspecified atom stereocenters. The summed E-state index contributed by atoms with van der Waals surface area (Å²) in [7, 11) is 0. The molecule has 2 saturated heterocycles. The molecule has 0 spiro atoms. The maximum absolute atomic E-state index is 13.5. The molecule has 0 saturated carbocycles. The second kappa shape index (κ2) is 7.19. The molecular weight excluding hydrogens is 302 g/mol. The van der Waals surface area contributed by atoms with Crippen molar-refractivity contribution in [2.75, 3.05) is 26.2 Å². The summed E-state index contributed by atoms with van der Waals surface area (Å²) >= 11 is 0. The average Bonchev–Trinajstić information content (AvgIpc) is 3.00. The Labute approximate surface area is 134 Å². The van der Waals surface area contributed by atoms with E-state index in [-0.39, 0.29) is 17.6 Å². The van der Waals surface area contributed by atoms with Gasteiger partial charge in [0.2, 0.25) is 5.91 Å². The summed E-state index contributed by atoms with van der Waals surface area (Å²) < 4.78 is 32.7. The number of morpholine rings is 1. The lowest BCUT2D eigenvalue weighted by Crippen LogP contribution is -2.49. The number of hydrogen-bond donors (Lipinski definition) is 1. The first-order valence-electron chi connectivity index (χ1n) is 7.89. The Morgan fingerprint density at radius 2 is 2.17 bits per heavy atom. The van der Waals surface area contributed by atoms with Gasteiger partial charge in [0.05, 0.1) is 12.7 Å². The molecule has 1 aromatic carbocycles. The second-order valence-electron chi connectivity index (χ2n) is 5.96. The lowest BCUT2D eigenvalue weighted by Gasteiger charge is -2.35. The molecule has 3 rings (SSSR count). The minimum atomic E-state index is -0.690. The fourth-order valence-electron chi connectivity index (χ4n) is 3.11. The largest absolute Gasteiger partial charge is 0.373 e. The van der Waals surface area contributed by atoms with Crippen molar-refractivity contribution in [3.05, 3.63) is 41.5 Å². The maximum Gasteiger partial charge on any atom is 0.244 e. The van der Waals surface area contributed by atoms with Gasteiger partial charge in [-0.3, -0.25) is 9.69 Å². The predicted molar refractivity (Wildman–Crippen MR) is 82.7 cm³/mol. The molecule has 1 N–H and O–H groups in total. The number of nitrogens with zero attached hydrogens (tertiary/aromatic N) is 1. The number of benzene rings is 1. The second-order valence-corrected chi connectivity index (χ2v) is 5.96. The van der Waals surface area contributed by atoms with Gasteiger partial charge in [0.15, 0.2) is 0 Å². The van der Waals surface area contributed by atoms with Gasteiger partial charge in [-0.05, 0) is 37.6 Å². The molecule has 124 valence electrons. The Bertz CT molecular complexity index is 586. The van der Waals surface area contributed by atoms with E-state index in [4.69, 9.17) is 4.74 Å². The Balaban J connectivity index is 1.49. The fourth-order valence-corrected chi connectivity index (χ4v) is 3.11. The zero-order chi connectivity index (χ0) is 16.2. The molecular formula is C17H20F2N2O2. The minimum Gasteiger partial charge on any atom is -0.373 e. The maximum atomic E-state index is 13.5. The molecule has 6 heteroatoms. The molecule has 2 heterocycles. The van der Waals surface area contributed by atoms with Crippen molar-refractivity contribution in [3.63, 3.8) is 0 Å². The quantitative estimate of drug-likeness (QED) is 0.862. The summed E-state index contributed by atoms with van der Waals surface area (Å²) in [6, 6.07) is 4.12. The van der Waals surface area contributed by atoms with E-state index in [0.717, 1.165) is 37.4 Å². The average molecular weight is 322 g/mol. The number of carbonyl (C=O) groups excluding carboxylic acids is 1. The lowest BCUT2D eigenvalue weighted by molar-refractivity contribution is -0.117. The van der Waals surface area contributed by atoms with Crippen LogP contribution in [0.3, 0.4) is 0 Å². The van der Waals surface area contributed by atoms with Crippen molar-refractivity contribution >= 4 is 12.0 Å². The number of ether oxygens (including phenoxy) is 1. The van der Waals surface area contributed by atoms with E-state index in [0.29, 0.717) is 19.2 Å². The summed E-state index contributed by atoms with van der Waals surface area (Å²) in [6.07, 6.45) is 4.63. The Morgan fingerprint density at radius 1 is 1.39 bits per heavy atom. The van der Waals surface area contributed by atoms with Gasteiger partial charge in [-0.1, -0.05) is 6.07 Å². The van der Waals surface area contributed by atoms with Crippen LogP contribution in [0.5, 0.6) is 0 Å². The zero-order valence-electron chi connectivity index (χ0n) is 12.8. The highest BCUT2D eigenvalue weighted by atomic mass is 19.1. The van der Waals surface area contributed by atoms with Gasteiger partial charge in [-0.25, -0.2) is 8.78 Å². The number of halogens is 2. The van der Waals surface area contributed by atoms with E-state index in [9.17, 15) is 13.6 Å². The smallest absolute Gasteiger partial charge is 0.244 e. The van der Waals surface area contributed by atoms with Crippen molar-refractivity contribution in [1.29, 1.82) is 0 Å². The van der Waals surface area contributed by atoms with Gasteiger partial charge in [0.25, 0.3) is 0 Å². The molecule has 1 amide bonds. The molecule has 2 atom stereocenters. The molecule has 4 nitrogen and oxygen atoms in total. The number of hydrogen-bond acceptors (Lipinski definition) is 3. The number of rotatable bonds is 4. The van der Waals surface area contributed by atoms with Gasteiger partial charge in [-0.2, -0.15) is 0 Å². The topological polar surface area (TPSA) is 41.6 Å². The normalized spacial score (nSPS) is 24.8. The molecule has 0 aliphatic carbocycles.